The molecule has 1 aliphatic heterocycles. The summed E-state index contributed by atoms with van der Waals surface area (Å²) in [6.07, 6.45) is 3.07. The van der Waals surface area contributed by atoms with Gasteiger partial charge in [0.2, 0.25) is 21.8 Å². The van der Waals surface area contributed by atoms with Crippen LogP contribution in [-0.4, -0.2) is 50.2 Å². The minimum atomic E-state index is -3.53. The molecule has 1 aliphatic carbocycles. The maximum Gasteiger partial charge on any atom is 0.243 e. The molecule has 1 aromatic carbocycles. The van der Waals surface area contributed by atoms with Gasteiger partial charge in [-0.15, -0.1) is 0 Å². The first-order chi connectivity index (χ1) is 13.3. The Hall–Kier alpha value is -1.93. The second kappa shape index (κ2) is 8.61. The van der Waals surface area contributed by atoms with Crippen LogP contribution in [0.1, 0.15) is 38.2 Å². The van der Waals surface area contributed by atoms with Crippen molar-refractivity contribution >= 4 is 21.8 Å². The number of carbonyl (C=O) groups is 2. The lowest BCUT2D eigenvalue weighted by molar-refractivity contribution is -0.122. The largest absolute Gasteiger partial charge is 0.356 e. The number of nitrogens with one attached hydrogen (secondary N) is 2. The van der Waals surface area contributed by atoms with Crippen molar-refractivity contribution in [3.8, 4) is 0 Å². The van der Waals surface area contributed by atoms with Crippen LogP contribution in [0.2, 0.25) is 0 Å². The molecular weight excluding hydrogens is 378 g/mol. The van der Waals surface area contributed by atoms with Crippen LogP contribution in [0.3, 0.4) is 0 Å². The highest BCUT2D eigenvalue weighted by Crippen LogP contribution is 2.39. The van der Waals surface area contributed by atoms with Gasteiger partial charge in [-0.05, 0) is 43.2 Å². The van der Waals surface area contributed by atoms with Gasteiger partial charge < -0.3 is 10.6 Å². The lowest BCUT2D eigenvalue weighted by atomic mass is 9.78. The second-order valence-electron chi connectivity index (χ2n) is 7.85. The molecule has 1 saturated carbocycles. The Morgan fingerprint density at radius 2 is 1.93 bits per heavy atom. The maximum absolute atomic E-state index is 13.1. The van der Waals surface area contributed by atoms with E-state index in [2.05, 4.69) is 10.6 Å². The van der Waals surface area contributed by atoms with Gasteiger partial charge in [-0.25, -0.2) is 8.42 Å². The van der Waals surface area contributed by atoms with E-state index in [-0.39, 0.29) is 36.1 Å². The van der Waals surface area contributed by atoms with Crippen LogP contribution in [0.25, 0.3) is 0 Å². The monoisotopic (exact) mass is 407 g/mol. The first kappa shape index (κ1) is 20.8. The first-order valence-corrected chi connectivity index (χ1v) is 11.3. The van der Waals surface area contributed by atoms with E-state index < -0.39 is 10.0 Å². The molecule has 0 aromatic heterocycles. The van der Waals surface area contributed by atoms with Crippen molar-refractivity contribution in [3.63, 3.8) is 0 Å². The molecule has 0 spiro atoms. The molecule has 154 valence electrons. The fourth-order valence-corrected chi connectivity index (χ4v) is 6.18. The molecule has 2 fully saturated rings. The first-order valence-electron chi connectivity index (χ1n) is 9.88. The normalized spacial score (nSPS) is 25.1. The minimum absolute atomic E-state index is 0.0133. The van der Waals surface area contributed by atoms with Gasteiger partial charge in [0.25, 0.3) is 0 Å². The van der Waals surface area contributed by atoms with Crippen molar-refractivity contribution in [2.24, 2.45) is 11.8 Å². The Balaban J connectivity index is 1.66. The summed E-state index contributed by atoms with van der Waals surface area (Å²) in [5.41, 5.74) is 0.750. The van der Waals surface area contributed by atoms with E-state index in [4.69, 9.17) is 0 Å². The van der Waals surface area contributed by atoms with Crippen LogP contribution in [0.4, 0.5) is 0 Å². The van der Waals surface area contributed by atoms with E-state index in [0.717, 1.165) is 24.8 Å². The molecule has 0 radical (unpaired) electrons. The number of carbonyl (C=O) groups excluding carboxylic acids is 2. The molecule has 0 unspecified atom stereocenters. The predicted molar refractivity (Wildman–Crippen MR) is 106 cm³/mol. The standard InChI is InChI=1S/C20H29N3O4S/c1-14-6-3-4-9-19(14)28(26,27)23-12-16-7-5-8-18(17(16)13-23)22-20(25)10-11-21-15(2)24/h3-4,6,9,16-18H,5,7-8,10-13H2,1-2H3,(H,21,24)(H,22,25)/t16-,17+,18-/m0/s1. The number of fused-ring (bicyclic) bond motifs is 1. The highest BCUT2D eigenvalue weighted by Gasteiger charge is 2.44. The van der Waals surface area contributed by atoms with Crippen molar-refractivity contribution in [1.29, 1.82) is 0 Å². The zero-order chi connectivity index (χ0) is 20.3. The molecule has 3 atom stereocenters. The summed E-state index contributed by atoms with van der Waals surface area (Å²) in [6.45, 7) is 4.51. The highest BCUT2D eigenvalue weighted by atomic mass is 32.2. The van der Waals surface area contributed by atoms with E-state index in [1.54, 1.807) is 16.4 Å². The van der Waals surface area contributed by atoms with E-state index in [9.17, 15) is 18.0 Å². The fourth-order valence-electron chi connectivity index (χ4n) is 4.42. The third kappa shape index (κ3) is 4.55. The fraction of sp³-hybridized carbons (Fsp3) is 0.600. The number of aryl methyl sites for hydroxylation is 1. The van der Waals surface area contributed by atoms with Crippen LogP contribution in [-0.2, 0) is 19.6 Å². The van der Waals surface area contributed by atoms with Gasteiger partial charge in [0.15, 0.2) is 0 Å². The molecule has 7 nitrogen and oxygen atoms in total. The van der Waals surface area contributed by atoms with Gasteiger partial charge in [-0.2, -0.15) is 4.31 Å². The number of nitrogens with zero attached hydrogens (tertiary/aromatic N) is 1. The van der Waals surface area contributed by atoms with Crippen LogP contribution in [0, 0.1) is 18.8 Å². The van der Waals surface area contributed by atoms with Crippen molar-refractivity contribution in [3.05, 3.63) is 29.8 Å². The summed E-state index contributed by atoms with van der Waals surface area (Å²) in [5, 5.41) is 5.70. The molecule has 1 saturated heterocycles. The van der Waals surface area contributed by atoms with Gasteiger partial charge in [-0.3, -0.25) is 9.59 Å². The van der Waals surface area contributed by atoms with Crippen LogP contribution in [0.15, 0.2) is 29.2 Å². The lowest BCUT2D eigenvalue weighted by Crippen LogP contribution is -2.46. The van der Waals surface area contributed by atoms with Crippen molar-refractivity contribution in [2.45, 2.75) is 50.5 Å². The van der Waals surface area contributed by atoms with Gasteiger partial charge in [-0.1, -0.05) is 24.6 Å². The van der Waals surface area contributed by atoms with E-state index in [1.165, 1.54) is 6.92 Å². The van der Waals surface area contributed by atoms with Crippen LogP contribution < -0.4 is 10.6 Å². The summed E-state index contributed by atoms with van der Waals surface area (Å²) in [4.78, 5) is 23.5. The topological polar surface area (TPSA) is 95.6 Å². The average Bonchev–Trinajstić information content (AvgIpc) is 3.08. The van der Waals surface area contributed by atoms with Gasteiger partial charge in [0, 0.05) is 39.0 Å². The molecule has 2 N–H and O–H groups in total. The van der Waals surface area contributed by atoms with Crippen LogP contribution in [0.5, 0.6) is 0 Å². The Bertz CT molecular complexity index is 840. The lowest BCUT2D eigenvalue weighted by Gasteiger charge is -2.33. The Morgan fingerprint density at radius 1 is 1.18 bits per heavy atom. The average molecular weight is 408 g/mol. The molecule has 8 heteroatoms. The van der Waals surface area contributed by atoms with Gasteiger partial charge in [0.05, 0.1) is 4.90 Å². The summed E-state index contributed by atoms with van der Waals surface area (Å²) in [6, 6.07) is 7.05. The molecule has 1 heterocycles. The van der Waals surface area contributed by atoms with Crippen molar-refractivity contribution in [2.75, 3.05) is 19.6 Å². The predicted octanol–water partition coefficient (Wildman–Crippen LogP) is 1.43. The summed E-state index contributed by atoms with van der Waals surface area (Å²) < 4.78 is 27.9. The molecule has 3 rings (SSSR count). The summed E-state index contributed by atoms with van der Waals surface area (Å²) >= 11 is 0. The molecule has 2 amide bonds. The Labute approximate surface area is 166 Å². The SMILES string of the molecule is CC(=O)NCCC(=O)N[C@H]1CCC[C@H]2CN(S(=O)(=O)c3ccccc3C)C[C@H]21. The molecular formula is C20H29N3O4S. The van der Waals surface area contributed by atoms with Gasteiger partial charge >= 0.3 is 0 Å². The maximum atomic E-state index is 13.1. The molecule has 2 aliphatic rings. The molecule has 0 bridgehead atoms. The Kier molecular flexibility index (Phi) is 6.40. The van der Waals surface area contributed by atoms with Crippen LogP contribution >= 0.6 is 0 Å². The summed E-state index contributed by atoms with van der Waals surface area (Å²) in [5.74, 6) is 0.156. The zero-order valence-corrected chi connectivity index (χ0v) is 17.3. The second-order valence-corrected chi connectivity index (χ2v) is 9.76. The molecule has 1 aromatic rings. The van der Waals surface area contributed by atoms with E-state index >= 15 is 0 Å². The summed E-state index contributed by atoms with van der Waals surface area (Å²) in [7, 11) is -3.53. The number of amides is 2. The quantitative estimate of drug-likeness (QED) is 0.746. The van der Waals surface area contributed by atoms with Crippen molar-refractivity contribution < 1.29 is 18.0 Å². The highest BCUT2D eigenvalue weighted by molar-refractivity contribution is 7.89. The third-order valence-electron chi connectivity index (χ3n) is 5.85. The number of hydrogen-bond donors (Lipinski definition) is 2. The zero-order valence-electron chi connectivity index (χ0n) is 16.5. The number of hydrogen-bond acceptors (Lipinski definition) is 4. The minimum Gasteiger partial charge on any atom is -0.356 e. The third-order valence-corrected chi connectivity index (χ3v) is 7.84. The smallest absolute Gasteiger partial charge is 0.243 e. The van der Waals surface area contributed by atoms with E-state index in [0.29, 0.717) is 24.5 Å². The number of rotatable bonds is 6. The number of sulfonamides is 1. The van der Waals surface area contributed by atoms with E-state index in [1.807, 2.05) is 19.1 Å². The van der Waals surface area contributed by atoms with Crippen molar-refractivity contribution in [1.82, 2.24) is 14.9 Å². The number of benzene rings is 1. The Morgan fingerprint density at radius 3 is 2.64 bits per heavy atom. The molecule has 28 heavy (non-hydrogen) atoms. The van der Waals surface area contributed by atoms with Gasteiger partial charge in [0.1, 0.15) is 0 Å².